The number of thiazole rings is 1. The number of benzene rings is 2. The predicted molar refractivity (Wildman–Crippen MR) is 108 cm³/mol. The van der Waals surface area contributed by atoms with E-state index in [-0.39, 0.29) is 16.8 Å². The Bertz CT molecular complexity index is 1250. The molecule has 0 aliphatic carbocycles. The van der Waals surface area contributed by atoms with E-state index in [1.807, 2.05) is 36.6 Å². The fraction of sp³-hybridized carbons (Fsp3) is 0.0526. The van der Waals surface area contributed by atoms with Crippen LogP contribution in [0.25, 0.3) is 32.8 Å². The van der Waals surface area contributed by atoms with Crippen LogP contribution in [0.1, 0.15) is 5.56 Å². The van der Waals surface area contributed by atoms with E-state index in [0.29, 0.717) is 14.9 Å². The molecule has 0 unspecified atom stereocenters. The zero-order chi connectivity index (χ0) is 19.1. The maximum atomic E-state index is 12.4. The number of fused-ring (bicyclic) bond motifs is 1. The summed E-state index contributed by atoms with van der Waals surface area (Å²) < 4.78 is 5.80. The lowest BCUT2D eigenvalue weighted by molar-refractivity contribution is -0.383. The summed E-state index contributed by atoms with van der Waals surface area (Å²) in [6, 6.07) is 12.5. The van der Waals surface area contributed by atoms with Crippen LogP contribution in [-0.2, 0) is 0 Å². The second-order valence-electron chi connectivity index (χ2n) is 5.95. The van der Waals surface area contributed by atoms with Crippen LogP contribution in [0.5, 0.6) is 0 Å². The molecule has 0 fully saturated rings. The SMILES string of the molecule is Cc1ccc(-c2csc(-c3cc4cc(Br)cc([N+](=O)[O-])c4oc3=O)n2)cc1. The molecule has 0 spiro atoms. The van der Waals surface area contributed by atoms with E-state index in [9.17, 15) is 14.9 Å². The minimum Gasteiger partial charge on any atom is -0.415 e. The summed E-state index contributed by atoms with van der Waals surface area (Å²) in [7, 11) is 0. The number of hydrogen-bond donors (Lipinski definition) is 0. The molecule has 0 atom stereocenters. The van der Waals surface area contributed by atoms with Crippen molar-refractivity contribution in [2.75, 3.05) is 0 Å². The van der Waals surface area contributed by atoms with E-state index >= 15 is 0 Å². The minimum absolute atomic E-state index is 0.0488. The average Bonchev–Trinajstić information content (AvgIpc) is 3.11. The van der Waals surface area contributed by atoms with Crippen LogP contribution < -0.4 is 5.63 Å². The normalized spacial score (nSPS) is 11.0. The third kappa shape index (κ3) is 3.29. The molecule has 2 aromatic carbocycles. The van der Waals surface area contributed by atoms with Crippen LogP contribution in [0.2, 0.25) is 0 Å². The molecule has 2 aromatic heterocycles. The summed E-state index contributed by atoms with van der Waals surface area (Å²) in [6.45, 7) is 2.01. The van der Waals surface area contributed by atoms with Gasteiger partial charge in [-0.15, -0.1) is 11.3 Å². The van der Waals surface area contributed by atoms with Gasteiger partial charge in [-0.3, -0.25) is 10.1 Å². The molecule has 2 heterocycles. The van der Waals surface area contributed by atoms with Crippen molar-refractivity contribution < 1.29 is 9.34 Å². The zero-order valence-corrected chi connectivity index (χ0v) is 16.3. The topological polar surface area (TPSA) is 86.2 Å². The molecule has 0 saturated carbocycles. The standard InChI is InChI=1S/C19H11BrN2O4S/c1-10-2-4-11(5-3-10)15-9-27-18(21-15)14-7-12-6-13(20)8-16(22(24)25)17(12)26-19(14)23/h2-9H,1H3. The van der Waals surface area contributed by atoms with Crippen molar-refractivity contribution in [3.63, 3.8) is 0 Å². The number of hydrogen-bond acceptors (Lipinski definition) is 6. The third-order valence-electron chi connectivity index (χ3n) is 4.06. The average molecular weight is 443 g/mol. The number of halogens is 1. The largest absolute Gasteiger partial charge is 0.415 e. The van der Waals surface area contributed by atoms with Crippen LogP contribution in [0.15, 0.2) is 61.5 Å². The smallest absolute Gasteiger partial charge is 0.346 e. The molecule has 0 aliphatic heterocycles. The van der Waals surface area contributed by atoms with Crippen molar-refractivity contribution in [1.82, 2.24) is 4.98 Å². The van der Waals surface area contributed by atoms with Gasteiger partial charge in [0.25, 0.3) is 0 Å². The van der Waals surface area contributed by atoms with Crippen molar-refractivity contribution in [2.45, 2.75) is 6.92 Å². The molecule has 4 rings (SSSR count). The third-order valence-corrected chi connectivity index (χ3v) is 5.39. The van der Waals surface area contributed by atoms with Gasteiger partial charge in [-0.2, -0.15) is 0 Å². The van der Waals surface area contributed by atoms with Crippen LogP contribution in [0.3, 0.4) is 0 Å². The molecule has 8 heteroatoms. The number of nitro benzene ring substituents is 1. The molecule has 0 saturated heterocycles. The first-order valence-corrected chi connectivity index (χ1v) is 9.54. The van der Waals surface area contributed by atoms with E-state index in [1.54, 1.807) is 12.1 Å². The van der Waals surface area contributed by atoms with Crippen molar-refractivity contribution >= 4 is 43.9 Å². The van der Waals surface area contributed by atoms with E-state index in [2.05, 4.69) is 20.9 Å². The first-order chi connectivity index (χ1) is 12.9. The van der Waals surface area contributed by atoms with Crippen molar-refractivity contribution in [3.8, 4) is 21.8 Å². The molecule has 0 N–H and O–H groups in total. The van der Waals surface area contributed by atoms with Gasteiger partial charge in [-0.25, -0.2) is 9.78 Å². The predicted octanol–water partition coefficient (Wildman–Crippen LogP) is 5.56. The molecule has 0 bridgehead atoms. The van der Waals surface area contributed by atoms with Gasteiger partial charge < -0.3 is 4.42 Å². The van der Waals surface area contributed by atoms with Gasteiger partial charge in [0.15, 0.2) is 0 Å². The van der Waals surface area contributed by atoms with Crippen LogP contribution in [0, 0.1) is 17.0 Å². The van der Waals surface area contributed by atoms with Crippen molar-refractivity contribution in [2.24, 2.45) is 0 Å². The highest BCUT2D eigenvalue weighted by molar-refractivity contribution is 9.10. The summed E-state index contributed by atoms with van der Waals surface area (Å²) in [5.41, 5.74) is 2.17. The van der Waals surface area contributed by atoms with Crippen LogP contribution in [-0.4, -0.2) is 9.91 Å². The number of non-ortho nitro benzene ring substituents is 1. The van der Waals surface area contributed by atoms with Crippen molar-refractivity contribution in [3.05, 3.63) is 78.4 Å². The summed E-state index contributed by atoms with van der Waals surface area (Å²) in [5.74, 6) is 0. The summed E-state index contributed by atoms with van der Waals surface area (Å²) in [4.78, 5) is 27.6. The van der Waals surface area contributed by atoms with Gasteiger partial charge in [0.05, 0.1) is 16.2 Å². The van der Waals surface area contributed by atoms with E-state index in [0.717, 1.165) is 16.8 Å². The molecule has 0 aliphatic rings. The number of nitrogens with zero attached hydrogens (tertiary/aromatic N) is 2. The Balaban J connectivity index is 1.85. The lowest BCUT2D eigenvalue weighted by Gasteiger charge is -2.02. The Morgan fingerprint density at radius 1 is 1.19 bits per heavy atom. The van der Waals surface area contributed by atoms with E-state index in [4.69, 9.17) is 4.42 Å². The Labute approximate surface area is 165 Å². The minimum atomic E-state index is -0.655. The molecule has 0 radical (unpaired) electrons. The zero-order valence-electron chi connectivity index (χ0n) is 13.9. The maximum Gasteiger partial charge on any atom is 0.346 e. The molecule has 0 amide bonds. The molecular formula is C19H11BrN2O4S. The summed E-state index contributed by atoms with van der Waals surface area (Å²) >= 11 is 4.58. The number of aromatic nitrogens is 1. The van der Waals surface area contributed by atoms with Crippen molar-refractivity contribution in [1.29, 1.82) is 0 Å². The number of nitro groups is 1. The first-order valence-electron chi connectivity index (χ1n) is 7.87. The lowest BCUT2D eigenvalue weighted by atomic mass is 10.1. The van der Waals surface area contributed by atoms with Crippen LogP contribution in [0.4, 0.5) is 5.69 Å². The van der Waals surface area contributed by atoms with Gasteiger partial charge in [0.1, 0.15) is 5.01 Å². The number of rotatable bonds is 3. The lowest BCUT2D eigenvalue weighted by Crippen LogP contribution is -2.03. The Morgan fingerprint density at radius 2 is 1.93 bits per heavy atom. The highest BCUT2D eigenvalue weighted by atomic mass is 79.9. The quantitative estimate of drug-likeness (QED) is 0.235. The maximum absolute atomic E-state index is 12.4. The summed E-state index contributed by atoms with van der Waals surface area (Å²) in [6.07, 6.45) is 0. The second kappa shape index (κ2) is 6.71. The van der Waals surface area contributed by atoms with E-state index in [1.165, 1.54) is 17.4 Å². The fourth-order valence-corrected chi connectivity index (χ4v) is 4.02. The summed E-state index contributed by atoms with van der Waals surface area (Å²) in [5, 5.41) is 14.1. The molecule has 6 nitrogen and oxygen atoms in total. The highest BCUT2D eigenvalue weighted by Crippen LogP contribution is 2.33. The fourth-order valence-electron chi connectivity index (χ4n) is 2.72. The first kappa shape index (κ1) is 17.6. The number of aryl methyl sites for hydroxylation is 1. The molecule has 134 valence electrons. The van der Waals surface area contributed by atoms with Gasteiger partial charge >= 0.3 is 11.3 Å². The van der Waals surface area contributed by atoms with E-state index < -0.39 is 10.5 Å². The van der Waals surface area contributed by atoms with Gasteiger partial charge in [-0.1, -0.05) is 45.8 Å². The van der Waals surface area contributed by atoms with Crippen LogP contribution >= 0.6 is 27.3 Å². The molecular weight excluding hydrogens is 432 g/mol. The Hall–Kier alpha value is -2.84. The molecule has 27 heavy (non-hydrogen) atoms. The highest BCUT2D eigenvalue weighted by Gasteiger charge is 2.20. The van der Waals surface area contributed by atoms with Gasteiger partial charge in [0, 0.05) is 26.9 Å². The second-order valence-corrected chi connectivity index (χ2v) is 7.73. The Kier molecular flexibility index (Phi) is 4.37. The van der Waals surface area contributed by atoms with Gasteiger partial charge in [-0.05, 0) is 19.1 Å². The monoisotopic (exact) mass is 442 g/mol. The Morgan fingerprint density at radius 3 is 2.63 bits per heavy atom. The molecule has 4 aromatic rings. The van der Waals surface area contributed by atoms with Gasteiger partial charge in [0.2, 0.25) is 5.58 Å².